The van der Waals surface area contributed by atoms with E-state index in [0.29, 0.717) is 28.8 Å². The highest BCUT2D eigenvalue weighted by Crippen LogP contribution is 2.23. The van der Waals surface area contributed by atoms with Crippen LogP contribution in [0.1, 0.15) is 5.82 Å². The molecule has 2 heterocycles. The normalized spacial score (nSPS) is 11.2. The molecule has 0 aliphatic carbocycles. The number of sulfonamides is 1. The number of nitrogens with one attached hydrogen (secondary N) is 2. The first kappa shape index (κ1) is 20.9. The van der Waals surface area contributed by atoms with Gasteiger partial charge in [-0.15, -0.1) is 0 Å². The Morgan fingerprint density at radius 2 is 1.78 bits per heavy atom. The highest BCUT2D eigenvalue weighted by molar-refractivity contribution is 7.92. The highest BCUT2D eigenvalue weighted by atomic mass is 32.2. The van der Waals surface area contributed by atoms with Crippen LogP contribution in [0, 0.1) is 17.0 Å². The van der Waals surface area contributed by atoms with Gasteiger partial charge in [-0.1, -0.05) is 6.07 Å². The molecule has 0 unspecified atom stereocenters. The van der Waals surface area contributed by atoms with E-state index in [1.807, 2.05) is 0 Å². The molecule has 0 spiro atoms. The Kier molecular flexibility index (Phi) is 5.52. The van der Waals surface area contributed by atoms with Crippen LogP contribution in [-0.4, -0.2) is 32.9 Å². The maximum Gasteiger partial charge on any atom is 0.270 e. The third kappa shape index (κ3) is 4.70. The summed E-state index contributed by atoms with van der Waals surface area (Å²) in [7, 11) is -3.98. The summed E-state index contributed by atoms with van der Waals surface area (Å²) in [4.78, 5) is 22.8. The number of anilines is 3. The van der Waals surface area contributed by atoms with Crippen LogP contribution in [-0.2, 0) is 10.0 Å². The minimum absolute atomic E-state index is 0.197. The molecule has 4 aromatic rings. The zero-order chi connectivity index (χ0) is 22.7. The Hall–Kier alpha value is -4.32. The first-order valence-electron chi connectivity index (χ1n) is 9.28. The van der Waals surface area contributed by atoms with Crippen molar-refractivity contribution in [2.24, 2.45) is 0 Å². The van der Waals surface area contributed by atoms with Gasteiger partial charge in [-0.25, -0.2) is 23.4 Å². The zero-order valence-electron chi connectivity index (χ0n) is 16.7. The van der Waals surface area contributed by atoms with Crippen molar-refractivity contribution in [3.63, 3.8) is 0 Å². The summed E-state index contributed by atoms with van der Waals surface area (Å²) in [6, 6.07) is 13.1. The Morgan fingerprint density at radius 1 is 1.03 bits per heavy atom. The molecule has 162 valence electrons. The Labute approximate surface area is 183 Å². The van der Waals surface area contributed by atoms with Crippen LogP contribution in [0.4, 0.5) is 22.9 Å². The van der Waals surface area contributed by atoms with Crippen molar-refractivity contribution in [3.05, 3.63) is 89.3 Å². The number of imidazole rings is 1. The Bertz CT molecular complexity index is 1370. The molecule has 4 rings (SSSR count). The van der Waals surface area contributed by atoms with Gasteiger partial charge in [-0.05, 0) is 37.3 Å². The van der Waals surface area contributed by atoms with Crippen molar-refractivity contribution in [1.29, 1.82) is 0 Å². The van der Waals surface area contributed by atoms with E-state index in [2.05, 4.69) is 25.0 Å². The molecule has 0 amide bonds. The molecule has 0 aliphatic rings. The van der Waals surface area contributed by atoms with E-state index in [1.54, 1.807) is 60.5 Å². The molecule has 2 N–H and O–H groups in total. The van der Waals surface area contributed by atoms with E-state index < -0.39 is 14.9 Å². The minimum Gasteiger partial charge on any atom is -0.340 e. The summed E-state index contributed by atoms with van der Waals surface area (Å²) < 4.78 is 29.3. The number of aryl methyl sites for hydroxylation is 1. The molecular formula is C20H17N7O4S. The number of nitrogens with zero attached hydrogens (tertiary/aromatic N) is 5. The second kappa shape index (κ2) is 8.43. The lowest BCUT2D eigenvalue weighted by atomic mass is 10.3. The lowest BCUT2D eigenvalue weighted by Crippen LogP contribution is -2.13. The monoisotopic (exact) mass is 451 g/mol. The summed E-state index contributed by atoms with van der Waals surface area (Å²) in [6.45, 7) is 1.78. The van der Waals surface area contributed by atoms with E-state index in [1.165, 1.54) is 18.2 Å². The first-order valence-corrected chi connectivity index (χ1v) is 10.8. The molecule has 0 atom stereocenters. The van der Waals surface area contributed by atoms with E-state index >= 15 is 0 Å². The molecule has 0 fully saturated rings. The third-order valence-electron chi connectivity index (χ3n) is 4.34. The fraction of sp³-hybridized carbons (Fsp3) is 0.0500. The van der Waals surface area contributed by atoms with Crippen LogP contribution < -0.4 is 10.0 Å². The highest BCUT2D eigenvalue weighted by Gasteiger charge is 2.17. The van der Waals surface area contributed by atoms with E-state index in [-0.39, 0.29) is 10.6 Å². The molecule has 11 nitrogen and oxygen atoms in total. The van der Waals surface area contributed by atoms with Gasteiger partial charge in [0.15, 0.2) is 0 Å². The van der Waals surface area contributed by atoms with Gasteiger partial charge in [0.05, 0.1) is 9.82 Å². The molecule has 0 aliphatic heterocycles. The lowest BCUT2D eigenvalue weighted by molar-refractivity contribution is -0.385. The summed E-state index contributed by atoms with van der Waals surface area (Å²) in [5.41, 5.74) is 0.681. The largest absolute Gasteiger partial charge is 0.340 e. The molecule has 2 aromatic carbocycles. The maximum atomic E-state index is 12.6. The van der Waals surface area contributed by atoms with Gasteiger partial charge in [-0.2, -0.15) is 0 Å². The summed E-state index contributed by atoms with van der Waals surface area (Å²) in [6.07, 6.45) is 5.06. The number of benzene rings is 2. The molecular weight excluding hydrogens is 434 g/mol. The fourth-order valence-electron chi connectivity index (χ4n) is 2.89. The minimum atomic E-state index is -3.98. The van der Waals surface area contributed by atoms with Gasteiger partial charge in [0, 0.05) is 42.0 Å². The van der Waals surface area contributed by atoms with Crippen LogP contribution in [0.5, 0.6) is 0 Å². The third-order valence-corrected chi connectivity index (χ3v) is 5.72. The summed E-state index contributed by atoms with van der Waals surface area (Å²) >= 11 is 0. The van der Waals surface area contributed by atoms with Crippen molar-refractivity contribution < 1.29 is 13.3 Å². The van der Waals surface area contributed by atoms with Gasteiger partial charge < -0.3 is 5.32 Å². The van der Waals surface area contributed by atoms with Gasteiger partial charge in [0.1, 0.15) is 23.8 Å². The van der Waals surface area contributed by atoms with Crippen LogP contribution in [0.15, 0.2) is 78.2 Å². The zero-order valence-corrected chi connectivity index (χ0v) is 17.5. The number of rotatable bonds is 7. The number of nitro groups is 1. The van der Waals surface area contributed by atoms with Gasteiger partial charge >= 0.3 is 0 Å². The molecule has 0 radical (unpaired) electrons. The average molecular weight is 451 g/mol. The number of hydrogen-bond donors (Lipinski definition) is 2. The molecule has 0 saturated carbocycles. The number of nitro benzene ring substituents is 1. The number of aromatic nitrogens is 4. The van der Waals surface area contributed by atoms with E-state index in [9.17, 15) is 18.5 Å². The molecule has 32 heavy (non-hydrogen) atoms. The number of non-ortho nitro benzene ring substituents is 1. The van der Waals surface area contributed by atoms with Crippen LogP contribution in [0.2, 0.25) is 0 Å². The second-order valence-corrected chi connectivity index (χ2v) is 8.37. The van der Waals surface area contributed by atoms with Crippen molar-refractivity contribution in [2.75, 3.05) is 10.0 Å². The fourth-order valence-corrected chi connectivity index (χ4v) is 3.99. The topological polar surface area (TPSA) is 145 Å². The quantitative estimate of drug-likeness (QED) is 0.321. The van der Waals surface area contributed by atoms with Crippen molar-refractivity contribution in [1.82, 2.24) is 19.5 Å². The van der Waals surface area contributed by atoms with Gasteiger partial charge in [0.25, 0.3) is 15.7 Å². The van der Waals surface area contributed by atoms with Gasteiger partial charge in [0.2, 0.25) is 0 Å². The Morgan fingerprint density at radius 3 is 2.47 bits per heavy atom. The predicted octanol–water partition coefficient (Wildman–Crippen LogP) is 3.42. The summed E-state index contributed by atoms with van der Waals surface area (Å²) in [5.74, 6) is 1.78. The average Bonchev–Trinajstić information content (AvgIpc) is 3.30. The molecule has 12 heteroatoms. The van der Waals surface area contributed by atoms with Gasteiger partial charge in [-0.3, -0.25) is 19.4 Å². The molecule has 0 saturated heterocycles. The van der Waals surface area contributed by atoms with Crippen LogP contribution >= 0.6 is 0 Å². The Balaban J connectivity index is 1.50. The van der Waals surface area contributed by atoms with Crippen LogP contribution in [0.25, 0.3) is 5.82 Å². The van der Waals surface area contributed by atoms with Crippen molar-refractivity contribution >= 4 is 32.9 Å². The van der Waals surface area contributed by atoms with E-state index in [4.69, 9.17) is 0 Å². The lowest BCUT2D eigenvalue weighted by Gasteiger charge is -2.11. The SMILES string of the molecule is Cc1nc(Nc2ccc(NS(=O)(=O)c3cccc([N+](=O)[O-])c3)cc2)cc(-n2ccnc2)n1. The standard InChI is InChI=1S/C20H17N7O4S/c1-14-22-19(12-20(23-14)26-10-9-21-13-26)24-15-5-7-16(8-6-15)25-32(30,31)18-4-2-3-17(11-18)27(28)29/h2-13,25H,1H3,(H,22,23,24). The second-order valence-electron chi connectivity index (χ2n) is 6.69. The number of hydrogen-bond acceptors (Lipinski definition) is 8. The smallest absolute Gasteiger partial charge is 0.270 e. The maximum absolute atomic E-state index is 12.6. The summed E-state index contributed by atoms with van der Waals surface area (Å²) in [5, 5.41) is 14.1. The van der Waals surface area contributed by atoms with Crippen molar-refractivity contribution in [2.45, 2.75) is 11.8 Å². The first-order chi connectivity index (χ1) is 15.3. The van der Waals surface area contributed by atoms with Crippen LogP contribution in [0.3, 0.4) is 0 Å². The van der Waals surface area contributed by atoms with Crippen molar-refractivity contribution in [3.8, 4) is 5.82 Å². The molecule has 0 bridgehead atoms. The molecule has 2 aromatic heterocycles. The predicted molar refractivity (Wildman–Crippen MR) is 118 cm³/mol. The van der Waals surface area contributed by atoms with E-state index in [0.717, 1.165) is 6.07 Å².